The van der Waals surface area contributed by atoms with Crippen molar-refractivity contribution in [3.05, 3.63) is 78.1 Å². The van der Waals surface area contributed by atoms with E-state index in [9.17, 15) is 23.6 Å². The van der Waals surface area contributed by atoms with Crippen LogP contribution in [0, 0.1) is 5.82 Å². The van der Waals surface area contributed by atoms with Crippen molar-refractivity contribution in [3.63, 3.8) is 0 Å². The summed E-state index contributed by atoms with van der Waals surface area (Å²) < 4.78 is 13.6. The van der Waals surface area contributed by atoms with Crippen molar-refractivity contribution in [2.45, 2.75) is 12.5 Å². The molecule has 3 aromatic rings. The zero-order valence-corrected chi connectivity index (χ0v) is 17.0. The first kappa shape index (κ1) is 21.0. The van der Waals surface area contributed by atoms with Crippen molar-refractivity contribution in [3.8, 4) is 0 Å². The molecule has 0 aromatic heterocycles. The number of benzene rings is 3. The molecule has 0 saturated carbocycles. The minimum atomic E-state index is -1.38. The second-order valence-electron chi connectivity index (χ2n) is 7.46. The molecule has 1 fully saturated rings. The summed E-state index contributed by atoms with van der Waals surface area (Å²) in [4.78, 5) is 50.7. The summed E-state index contributed by atoms with van der Waals surface area (Å²) in [6.07, 6.45) is 0. The molecule has 8 nitrogen and oxygen atoms in total. The summed E-state index contributed by atoms with van der Waals surface area (Å²) >= 11 is 0. The maximum Gasteiger partial charge on any atom is 0.326 e. The van der Waals surface area contributed by atoms with Crippen molar-refractivity contribution in [2.24, 2.45) is 0 Å². The molecule has 4 rings (SSSR count). The first-order valence-electron chi connectivity index (χ1n) is 9.77. The van der Waals surface area contributed by atoms with Crippen LogP contribution in [0.5, 0.6) is 0 Å². The Morgan fingerprint density at radius 3 is 2.47 bits per heavy atom. The molecule has 0 aliphatic carbocycles. The number of halogens is 1. The highest BCUT2D eigenvalue weighted by Crippen LogP contribution is 2.33. The first-order chi connectivity index (χ1) is 15.3. The molecule has 0 unspecified atom stereocenters. The average Bonchev–Trinajstić information content (AvgIpc) is 2.98. The number of para-hydroxylation sites is 1. The molecule has 0 radical (unpaired) electrons. The van der Waals surface area contributed by atoms with Gasteiger partial charge in [-0.1, -0.05) is 54.6 Å². The summed E-state index contributed by atoms with van der Waals surface area (Å²) in [7, 11) is 0. The molecule has 1 saturated heterocycles. The fourth-order valence-corrected chi connectivity index (χ4v) is 3.71. The number of amides is 6. The third-order valence-electron chi connectivity index (χ3n) is 5.28. The third-order valence-corrected chi connectivity index (χ3v) is 5.28. The number of imide groups is 2. The topological polar surface area (TPSA) is 108 Å². The predicted molar refractivity (Wildman–Crippen MR) is 115 cm³/mol. The zero-order chi connectivity index (χ0) is 22.9. The van der Waals surface area contributed by atoms with E-state index in [1.165, 1.54) is 18.2 Å². The van der Waals surface area contributed by atoms with Gasteiger partial charge in [-0.3, -0.25) is 19.8 Å². The van der Waals surface area contributed by atoms with Crippen molar-refractivity contribution in [1.82, 2.24) is 15.5 Å². The van der Waals surface area contributed by atoms with Crippen molar-refractivity contribution < 1.29 is 23.6 Å². The third kappa shape index (κ3) is 3.76. The lowest BCUT2D eigenvalue weighted by Crippen LogP contribution is -2.45. The number of nitrogens with zero attached hydrogens (tertiary/aromatic N) is 1. The van der Waals surface area contributed by atoms with Gasteiger partial charge in [0, 0.05) is 0 Å². The highest BCUT2D eigenvalue weighted by molar-refractivity contribution is 6.12. The quantitative estimate of drug-likeness (QED) is 0.549. The Morgan fingerprint density at radius 2 is 1.69 bits per heavy atom. The highest BCUT2D eigenvalue weighted by Gasteiger charge is 2.50. The molecule has 1 aliphatic rings. The summed E-state index contributed by atoms with van der Waals surface area (Å²) in [5.41, 5.74) is -0.904. The maximum atomic E-state index is 13.6. The molecule has 6 amide bonds. The van der Waals surface area contributed by atoms with Gasteiger partial charge in [0.25, 0.3) is 5.91 Å². The van der Waals surface area contributed by atoms with Crippen LogP contribution in [0.1, 0.15) is 12.5 Å². The molecule has 1 aliphatic heterocycles. The van der Waals surface area contributed by atoms with Crippen LogP contribution in [-0.2, 0) is 15.1 Å². The molecule has 9 heteroatoms. The van der Waals surface area contributed by atoms with Crippen molar-refractivity contribution >= 4 is 40.3 Å². The minimum absolute atomic E-state index is 0.115. The summed E-state index contributed by atoms with van der Waals surface area (Å²) in [6.45, 7) is 0.896. The van der Waals surface area contributed by atoms with E-state index in [1.807, 2.05) is 35.6 Å². The van der Waals surface area contributed by atoms with Crippen LogP contribution in [0.3, 0.4) is 0 Å². The van der Waals surface area contributed by atoms with E-state index < -0.39 is 41.8 Å². The van der Waals surface area contributed by atoms with E-state index in [0.29, 0.717) is 5.56 Å². The van der Waals surface area contributed by atoms with Crippen LogP contribution in [0.2, 0.25) is 0 Å². The highest BCUT2D eigenvalue weighted by atomic mass is 19.1. The number of carbonyl (C=O) groups is 4. The number of fused-ring (bicyclic) bond motifs is 1. The Kier molecular flexibility index (Phi) is 5.31. The normalized spacial score (nSPS) is 17.9. The van der Waals surface area contributed by atoms with E-state index in [0.717, 1.165) is 21.7 Å². The van der Waals surface area contributed by atoms with Gasteiger partial charge < -0.3 is 10.6 Å². The van der Waals surface area contributed by atoms with Gasteiger partial charge in [0.1, 0.15) is 17.9 Å². The van der Waals surface area contributed by atoms with E-state index >= 15 is 0 Å². The van der Waals surface area contributed by atoms with Gasteiger partial charge in [0.2, 0.25) is 5.91 Å². The summed E-state index contributed by atoms with van der Waals surface area (Å²) in [5.74, 6) is -2.19. The van der Waals surface area contributed by atoms with Gasteiger partial charge in [-0.15, -0.1) is 0 Å². The molecule has 1 heterocycles. The number of nitrogens with one attached hydrogen (secondary N) is 3. The van der Waals surface area contributed by atoms with Crippen molar-refractivity contribution in [1.29, 1.82) is 0 Å². The second-order valence-corrected chi connectivity index (χ2v) is 7.46. The van der Waals surface area contributed by atoms with E-state index in [4.69, 9.17) is 0 Å². The molecule has 162 valence electrons. The lowest BCUT2D eigenvalue weighted by Gasteiger charge is -2.24. The van der Waals surface area contributed by atoms with Gasteiger partial charge in [-0.05, 0) is 35.4 Å². The second kappa shape index (κ2) is 8.10. The Labute approximate surface area is 182 Å². The maximum absolute atomic E-state index is 13.6. The average molecular weight is 434 g/mol. The van der Waals surface area contributed by atoms with Crippen LogP contribution in [0.4, 0.5) is 19.7 Å². The molecule has 0 spiro atoms. The first-order valence-corrected chi connectivity index (χ1v) is 9.77. The van der Waals surface area contributed by atoms with Gasteiger partial charge in [-0.2, -0.15) is 0 Å². The minimum Gasteiger partial charge on any atom is -0.319 e. The van der Waals surface area contributed by atoms with E-state index in [1.54, 1.807) is 19.1 Å². The lowest BCUT2D eigenvalue weighted by molar-refractivity contribution is -0.134. The largest absolute Gasteiger partial charge is 0.326 e. The van der Waals surface area contributed by atoms with Gasteiger partial charge >= 0.3 is 12.1 Å². The Bertz CT molecular complexity index is 1260. The Morgan fingerprint density at radius 1 is 1.00 bits per heavy atom. The van der Waals surface area contributed by atoms with Gasteiger partial charge in [-0.25, -0.2) is 14.0 Å². The fraction of sp³-hybridized carbons (Fsp3) is 0.130. The van der Waals surface area contributed by atoms with Crippen LogP contribution in [0.15, 0.2) is 66.7 Å². The molecule has 32 heavy (non-hydrogen) atoms. The Hall–Kier alpha value is -4.27. The van der Waals surface area contributed by atoms with Crippen LogP contribution < -0.4 is 16.0 Å². The molecule has 0 bridgehead atoms. The Balaban J connectivity index is 1.49. The number of rotatable bonds is 4. The zero-order valence-electron chi connectivity index (χ0n) is 17.0. The summed E-state index contributed by atoms with van der Waals surface area (Å²) in [5, 5.41) is 8.53. The van der Waals surface area contributed by atoms with Crippen LogP contribution in [-0.4, -0.2) is 35.3 Å². The van der Waals surface area contributed by atoms with Gasteiger partial charge in [0.05, 0.1) is 5.69 Å². The number of anilines is 1. The molecule has 3 aromatic carbocycles. The SMILES string of the molecule is C[C@]1(c2cccc3ccccc23)NC(=O)N(CC(=O)NC(=O)Nc2ccccc2F)C1=O. The summed E-state index contributed by atoms with van der Waals surface area (Å²) in [6, 6.07) is 16.6. The standard InChI is InChI=1S/C23H19FN4O4/c1-23(16-10-6-8-14-7-2-3-9-15(14)16)20(30)28(22(32)27-23)13-19(29)26-21(31)25-18-12-5-4-11-17(18)24/h2-12H,13H2,1H3,(H,27,32)(H2,25,26,29,31)/t23-/m1/s1. The van der Waals surface area contributed by atoms with E-state index in [-0.39, 0.29) is 5.69 Å². The number of hydrogen-bond acceptors (Lipinski definition) is 4. The van der Waals surface area contributed by atoms with Crippen LogP contribution in [0.25, 0.3) is 10.8 Å². The smallest absolute Gasteiger partial charge is 0.319 e. The molecular formula is C23H19FN4O4. The molecular weight excluding hydrogens is 415 g/mol. The monoisotopic (exact) mass is 434 g/mol. The number of carbonyl (C=O) groups excluding carboxylic acids is 4. The molecule has 3 N–H and O–H groups in total. The molecule has 1 atom stereocenters. The fourth-order valence-electron chi connectivity index (χ4n) is 3.71. The van der Waals surface area contributed by atoms with E-state index in [2.05, 4.69) is 10.6 Å². The van der Waals surface area contributed by atoms with Gasteiger partial charge in [0.15, 0.2) is 0 Å². The predicted octanol–water partition coefficient (Wildman–Crippen LogP) is 3.09. The van der Waals surface area contributed by atoms with Crippen LogP contribution >= 0.6 is 0 Å². The van der Waals surface area contributed by atoms with Crippen molar-refractivity contribution in [2.75, 3.05) is 11.9 Å². The lowest BCUT2D eigenvalue weighted by atomic mass is 9.88. The number of urea groups is 2. The number of hydrogen-bond donors (Lipinski definition) is 3.